The van der Waals surface area contributed by atoms with Crippen LogP contribution in [0, 0.1) is 0 Å². The molecule has 10 heteroatoms. The summed E-state index contributed by atoms with van der Waals surface area (Å²) in [5, 5.41) is 6.95. The van der Waals surface area contributed by atoms with Crippen molar-refractivity contribution < 1.29 is 22.7 Å². The maximum absolute atomic E-state index is 12.6. The van der Waals surface area contributed by atoms with Crippen molar-refractivity contribution in [3.05, 3.63) is 72.1 Å². The number of amides is 1. The zero-order valence-electron chi connectivity index (χ0n) is 18.8. The highest BCUT2D eigenvalue weighted by Crippen LogP contribution is 2.17. The Morgan fingerprint density at radius 3 is 2.21 bits per heavy atom. The van der Waals surface area contributed by atoms with E-state index in [0.29, 0.717) is 16.9 Å². The number of carbonyl (C=O) groups is 2. The molecule has 33 heavy (non-hydrogen) atoms. The third-order valence-electron chi connectivity index (χ3n) is 4.33. The second-order valence-electron chi connectivity index (χ2n) is 8.25. The molecular weight excluding hydrogens is 444 g/mol. The number of carbonyl (C=O) groups excluding carboxylic acids is 2. The quantitative estimate of drug-likeness (QED) is 0.511. The summed E-state index contributed by atoms with van der Waals surface area (Å²) in [5.74, 6) is -0.868. The van der Waals surface area contributed by atoms with Crippen molar-refractivity contribution in [2.75, 3.05) is 11.9 Å². The fourth-order valence-corrected chi connectivity index (χ4v) is 4.35. The van der Waals surface area contributed by atoms with E-state index in [1.54, 1.807) is 64.2 Å². The van der Waals surface area contributed by atoms with Crippen LogP contribution in [0.2, 0.25) is 0 Å². The van der Waals surface area contributed by atoms with Gasteiger partial charge in [0.1, 0.15) is 0 Å². The molecule has 0 saturated heterocycles. The molecule has 1 amide bonds. The molecule has 0 bridgehead atoms. The Morgan fingerprint density at radius 2 is 1.64 bits per heavy atom. The van der Waals surface area contributed by atoms with E-state index in [1.165, 1.54) is 28.9 Å². The molecule has 0 aliphatic carbocycles. The molecule has 9 nitrogen and oxygen atoms in total. The van der Waals surface area contributed by atoms with Crippen molar-refractivity contribution in [1.82, 2.24) is 14.5 Å². The number of nitrogens with one attached hydrogen (secondary N) is 2. The highest BCUT2D eigenvalue weighted by atomic mass is 32.2. The molecule has 0 fully saturated rings. The van der Waals surface area contributed by atoms with Crippen LogP contribution in [0.1, 0.15) is 48.5 Å². The Bertz CT molecular complexity index is 1240. The van der Waals surface area contributed by atoms with E-state index in [0.717, 1.165) is 0 Å². The highest BCUT2D eigenvalue weighted by Gasteiger charge is 2.22. The minimum Gasteiger partial charge on any atom is -0.461 e. The Labute approximate surface area is 192 Å². The molecule has 1 heterocycles. The van der Waals surface area contributed by atoms with Crippen molar-refractivity contribution >= 4 is 27.6 Å². The second kappa shape index (κ2) is 9.55. The molecule has 0 aliphatic rings. The monoisotopic (exact) mass is 470 g/mol. The van der Waals surface area contributed by atoms with E-state index in [-0.39, 0.29) is 23.1 Å². The maximum atomic E-state index is 12.6. The third-order valence-corrected chi connectivity index (χ3v) is 6.10. The number of rotatable bonds is 7. The molecule has 0 saturated carbocycles. The maximum Gasteiger partial charge on any atom is 0.358 e. The van der Waals surface area contributed by atoms with Gasteiger partial charge in [-0.2, -0.15) is 5.10 Å². The normalized spacial score (nSPS) is 11.8. The average Bonchev–Trinajstić information content (AvgIpc) is 3.23. The summed E-state index contributed by atoms with van der Waals surface area (Å²) < 4.78 is 33.8. The van der Waals surface area contributed by atoms with Gasteiger partial charge in [0, 0.05) is 23.0 Å². The van der Waals surface area contributed by atoms with Gasteiger partial charge in [-0.3, -0.25) is 4.79 Å². The zero-order valence-corrected chi connectivity index (χ0v) is 19.6. The number of hydrogen-bond acceptors (Lipinski definition) is 6. The Hall–Kier alpha value is -3.50. The number of aromatic nitrogens is 2. The molecule has 3 rings (SSSR count). The number of sulfonamides is 1. The van der Waals surface area contributed by atoms with Crippen molar-refractivity contribution in [1.29, 1.82) is 0 Å². The summed E-state index contributed by atoms with van der Waals surface area (Å²) >= 11 is 0. The molecule has 3 aromatic rings. The van der Waals surface area contributed by atoms with Gasteiger partial charge in [0.2, 0.25) is 10.0 Å². The number of nitrogens with zero attached hydrogens (tertiary/aromatic N) is 2. The molecule has 0 radical (unpaired) electrons. The van der Waals surface area contributed by atoms with Crippen LogP contribution in [0.5, 0.6) is 0 Å². The molecule has 0 spiro atoms. The molecular formula is C23H26N4O5S. The van der Waals surface area contributed by atoms with Gasteiger partial charge in [-0.1, -0.05) is 0 Å². The molecule has 174 valence electrons. The predicted molar refractivity (Wildman–Crippen MR) is 124 cm³/mol. The summed E-state index contributed by atoms with van der Waals surface area (Å²) in [6.07, 6.45) is 1.64. The van der Waals surface area contributed by atoms with Gasteiger partial charge in [-0.25, -0.2) is 22.6 Å². The van der Waals surface area contributed by atoms with Crippen LogP contribution in [-0.2, 0) is 14.8 Å². The largest absolute Gasteiger partial charge is 0.461 e. The number of benzene rings is 2. The first-order valence-electron chi connectivity index (χ1n) is 10.3. The van der Waals surface area contributed by atoms with Crippen LogP contribution in [0.3, 0.4) is 0 Å². The minimum absolute atomic E-state index is 0.0831. The van der Waals surface area contributed by atoms with E-state index < -0.39 is 21.5 Å². The van der Waals surface area contributed by atoms with Crippen molar-refractivity contribution in [3.8, 4) is 5.69 Å². The van der Waals surface area contributed by atoms with Crippen molar-refractivity contribution in [2.45, 2.75) is 38.1 Å². The van der Waals surface area contributed by atoms with Gasteiger partial charge in [-0.15, -0.1) is 0 Å². The van der Waals surface area contributed by atoms with E-state index in [9.17, 15) is 18.0 Å². The fourth-order valence-electron chi connectivity index (χ4n) is 2.93. The van der Waals surface area contributed by atoms with Crippen molar-refractivity contribution in [3.63, 3.8) is 0 Å². The summed E-state index contributed by atoms with van der Waals surface area (Å²) in [6.45, 7) is 7.25. The smallest absolute Gasteiger partial charge is 0.358 e. The number of ether oxygens (including phenoxy) is 1. The van der Waals surface area contributed by atoms with Gasteiger partial charge < -0.3 is 10.1 Å². The van der Waals surface area contributed by atoms with Crippen LogP contribution < -0.4 is 10.0 Å². The minimum atomic E-state index is -3.68. The standard InChI is InChI=1S/C23H26N4O5S/c1-5-32-22(29)20-14-15-27(25-20)18-10-8-17(9-11-18)24-21(28)16-6-12-19(13-7-16)33(30,31)26-23(2,3)4/h6-15,26H,5H2,1-4H3,(H,24,28). The topological polar surface area (TPSA) is 119 Å². The lowest BCUT2D eigenvalue weighted by Crippen LogP contribution is -2.40. The summed E-state index contributed by atoms with van der Waals surface area (Å²) in [7, 11) is -3.68. The summed E-state index contributed by atoms with van der Waals surface area (Å²) in [6, 6.07) is 14.2. The van der Waals surface area contributed by atoms with Gasteiger partial charge in [0.15, 0.2) is 5.69 Å². The average molecular weight is 471 g/mol. The molecule has 2 aromatic carbocycles. The fraction of sp³-hybridized carbons (Fsp3) is 0.261. The van der Waals surface area contributed by atoms with Gasteiger partial charge in [0.05, 0.1) is 17.2 Å². The van der Waals surface area contributed by atoms with Gasteiger partial charge in [-0.05, 0) is 82.3 Å². The summed E-state index contributed by atoms with van der Waals surface area (Å²) in [5.41, 5.74) is 1.16. The Kier molecular flexibility index (Phi) is 6.99. The lowest BCUT2D eigenvalue weighted by Gasteiger charge is -2.20. The zero-order chi connectivity index (χ0) is 24.2. The molecule has 2 N–H and O–H groups in total. The molecule has 0 aliphatic heterocycles. The molecule has 0 atom stereocenters. The molecule has 1 aromatic heterocycles. The van der Waals surface area contributed by atoms with E-state index in [2.05, 4.69) is 15.1 Å². The lowest BCUT2D eigenvalue weighted by atomic mass is 10.1. The highest BCUT2D eigenvalue weighted by molar-refractivity contribution is 7.89. The first-order chi connectivity index (χ1) is 15.5. The van der Waals surface area contributed by atoms with Crippen LogP contribution in [0.15, 0.2) is 65.7 Å². The third kappa shape index (κ3) is 6.27. The van der Waals surface area contributed by atoms with Crippen molar-refractivity contribution in [2.24, 2.45) is 0 Å². The Morgan fingerprint density at radius 1 is 1.00 bits per heavy atom. The van der Waals surface area contributed by atoms with E-state index in [1.807, 2.05) is 0 Å². The second-order valence-corrected chi connectivity index (χ2v) is 9.93. The van der Waals surface area contributed by atoms with Crippen LogP contribution in [0.4, 0.5) is 5.69 Å². The van der Waals surface area contributed by atoms with Gasteiger partial charge in [0.25, 0.3) is 5.91 Å². The Balaban J connectivity index is 1.67. The number of anilines is 1. The van der Waals surface area contributed by atoms with Gasteiger partial charge >= 0.3 is 5.97 Å². The number of esters is 1. The van der Waals surface area contributed by atoms with Crippen LogP contribution >= 0.6 is 0 Å². The summed E-state index contributed by atoms with van der Waals surface area (Å²) in [4.78, 5) is 24.4. The van der Waals surface area contributed by atoms with E-state index >= 15 is 0 Å². The van der Waals surface area contributed by atoms with E-state index in [4.69, 9.17) is 4.74 Å². The first kappa shape index (κ1) is 24.1. The SMILES string of the molecule is CCOC(=O)c1ccn(-c2ccc(NC(=O)c3ccc(S(=O)(=O)NC(C)(C)C)cc3)cc2)n1. The van der Waals surface area contributed by atoms with Crippen LogP contribution in [0.25, 0.3) is 5.69 Å². The predicted octanol–water partition coefficient (Wildman–Crippen LogP) is 3.38. The molecule has 0 unspecified atom stereocenters. The first-order valence-corrected chi connectivity index (χ1v) is 11.8. The van der Waals surface area contributed by atoms with Crippen LogP contribution in [-0.4, -0.2) is 42.2 Å². The lowest BCUT2D eigenvalue weighted by molar-refractivity contribution is 0.0518. The number of hydrogen-bond donors (Lipinski definition) is 2.